The first-order valence-electron chi connectivity index (χ1n) is 4.29. The molecule has 0 spiro atoms. The summed E-state index contributed by atoms with van der Waals surface area (Å²) in [6.45, 7) is 1.49. The Hall–Kier alpha value is -0.940. The van der Waals surface area contributed by atoms with Crippen molar-refractivity contribution in [1.29, 1.82) is 0 Å². The molecule has 0 fully saturated rings. The van der Waals surface area contributed by atoms with Crippen LogP contribution in [0.15, 0.2) is 22.7 Å². The minimum atomic E-state index is -1.20. The fraction of sp³-hybridized carbons (Fsp3) is 0.300. The number of carboxylic acids is 1. The molecule has 1 rings (SSSR count). The Labute approximate surface area is 95.2 Å². The van der Waals surface area contributed by atoms with E-state index in [0.717, 1.165) is 0 Å². The lowest BCUT2D eigenvalue weighted by Crippen LogP contribution is -2.36. The zero-order valence-electron chi connectivity index (χ0n) is 8.13. The SMILES string of the molecule is C[C@@](N)(CC(=O)O)c1ccc(Br)cc1F. The van der Waals surface area contributed by atoms with E-state index in [0.29, 0.717) is 4.47 Å². The fourth-order valence-electron chi connectivity index (χ4n) is 1.36. The third-order valence-electron chi connectivity index (χ3n) is 2.06. The van der Waals surface area contributed by atoms with Crippen LogP contribution in [0.5, 0.6) is 0 Å². The van der Waals surface area contributed by atoms with Crippen molar-refractivity contribution in [2.24, 2.45) is 5.73 Å². The summed E-state index contributed by atoms with van der Waals surface area (Å²) in [7, 11) is 0. The number of benzene rings is 1. The lowest BCUT2D eigenvalue weighted by atomic mass is 9.89. The molecule has 0 unspecified atom stereocenters. The Bertz CT molecular complexity index is 393. The van der Waals surface area contributed by atoms with Crippen LogP contribution in [0.4, 0.5) is 4.39 Å². The number of halogens is 2. The van der Waals surface area contributed by atoms with Gasteiger partial charge < -0.3 is 10.8 Å². The van der Waals surface area contributed by atoms with Crippen LogP contribution in [0.3, 0.4) is 0 Å². The molecule has 3 nitrogen and oxygen atoms in total. The van der Waals surface area contributed by atoms with Crippen molar-refractivity contribution >= 4 is 21.9 Å². The van der Waals surface area contributed by atoms with E-state index in [1.54, 1.807) is 6.07 Å². The highest BCUT2D eigenvalue weighted by Crippen LogP contribution is 2.26. The van der Waals surface area contributed by atoms with Gasteiger partial charge in [-0.2, -0.15) is 0 Å². The minimum absolute atomic E-state index is 0.202. The Morgan fingerprint density at radius 2 is 2.27 bits per heavy atom. The topological polar surface area (TPSA) is 63.3 Å². The molecule has 0 amide bonds. The summed E-state index contributed by atoms with van der Waals surface area (Å²) in [5.41, 5.74) is 4.76. The van der Waals surface area contributed by atoms with Crippen LogP contribution in [0.1, 0.15) is 18.9 Å². The second-order valence-electron chi connectivity index (χ2n) is 3.61. The van der Waals surface area contributed by atoms with E-state index in [-0.39, 0.29) is 12.0 Å². The van der Waals surface area contributed by atoms with E-state index < -0.39 is 17.3 Å². The van der Waals surface area contributed by atoms with Gasteiger partial charge in [-0.3, -0.25) is 4.79 Å². The molecular formula is C10H11BrFNO2. The monoisotopic (exact) mass is 275 g/mol. The van der Waals surface area contributed by atoms with Crippen LogP contribution in [-0.2, 0) is 10.3 Å². The van der Waals surface area contributed by atoms with Crippen LogP contribution in [0.2, 0.25) is 0 Å². The summed E-state index contributed by atoms with van der Waals surface area (Å²) >= 11 is 3.12. The first-order valence-corrected chi connectivity index (χ1v) is 5.08. The minimum Gasteiger partial charge on any atom is -0.481 e. The van der Waals surface area contributed by atoms with Crippen molar-refractivity contribution in [1.82, 2.24) is 0 Å². The molecule has 0 aliphatic rings. The zero-order chi connectivity index (χ0) is 11.6. The predicted molar refractivity (Wildman–Crippen MR) is 57.9 cm³/mol. The van der Waals surface area contributed by atoms with Gasteiger partial charge >= 0.3 is 5.97 Å². The van der Waals surface area contributed by atoms with Gasteiger partial charge in [-0.05, 0) is 19.1 Å². The van der Waals surface area contributed by atoms with Crippen LogP contribution in [0.25, 0.3) is 0 Å². The number of carbonyl (C=O) groups is 1. The molecule has 1 aromatic carbocycles. The van der Waals surface area contributed by atoms with E-state index in [9.17, 15) is 9.18 Å². The van der Waals surface area contributed by atoms with Gasteiger partial charge in [-0.15, -0.1) is 0 Å². The molecule has 82 valence electrons. The summed E-state index contributed by atoms with van der Waals surface area (Å²) in [5, 5.41) is 8.64. The molecule has 0 saturated heterocycles. The molecule has 5 heteroatoms. The van der Waals surface area contributed by atoms with Gasteiger partial charge in [-0.25, -0.2) is 4.39 Å². The molecule has 1 atom stereocenters. The number of hydrogen-bond donors (Lipinski definition) is 2. The molecule has 0 aromatic heterocycles. The molecular weight excluding hydrogens is 265 g/mol. The van der Waals surface area contributed by atoms with Gasteiger partial charge in [0.1, 0.15) is 5.82 Å². The van der Waals surface area contributed by atoms with Gasteiger partial charge in [0.05, 0.1) is 12.0 Å². The van der Waals surface area contributed by atoms with E-state index >= 15 is 0 Å². The van der Waals surface area contributed by atoms with Gasteiger partial charge in [0.2, 0.25) is 0 Å². The van der Waals surface area contributed by atoms with Crippen molar-refractivity contribution in [3.8, 4) is 0 Å². The Kier molecular flexibility index (Phi) is 3.46. The summed E-state index contributed by atoms with van der Waals surface area (Å²) in [6.07, 6.45) is -0.314. The molecule has 0 aliphatic carbocycles. The first-order chi connectivity index (χ1) is 6.83. The third kappa shape index (κ3) is 3.00. The number of carboxylic acid groups (broad SMARTS) is 1. The van der Waals surface area contributed by atoms with E-state index in [4.69, 9.17) is 10.8 Å². The number of hydrogen-bond acceptors (Lipinski definition) is 2. The molecule has 15 heavy (non-hydrogen) atoms. The predicted octanol–water partition coefficient (Wildman–Crippen LogP) is 2.24. The molecule has 0 heterocycles. The number of nitrogens with two attached hydrogens (primary N) is 1. The molecule has 1 aromatic rings. The van der Waals surface area contributed by atoms with E-state index in [1.807, 2.05) is 0 Å². The van der Waals surface area contributed by atoms with Crippen LogP contribution in [-0.4, -0.2) is 11.1 Å². The largest absolute Gasteiger partial charge is 0.481 e. The van der Waals surface area contributed by atoms with E-state index in [2.05, 4.69) is 15.9 Å². The maximum absolute atomic E-state index is 13.5. The van der Waals surface area contributed by atoms with Crippen molar-refractivity contribution in [2.45, 2.75) is 18.9 Å². The highest BCUT2D eigenvalue weighted by atomic mass is 79.9. The highest BCUT2D eigenvalue weighted by molar-refractivity contribution is 9.10. The third-order valence-corrected chi connectivity index (χ3v) is 2.56. The van der Waals surface area contributed by atoms with Crippen molar-refractivity contribution in [3.05, 3.63) is 34.1 Å². The van der Waals surface area contributed by atoms with Gasteiger partial charge in [0.15, 0.2) is 0 Å². The Morgan fingerprint density at radius 1 is 1.67 bits per heavy atom. The first kappa shape index (κ1) is 12.1. The average Bonchev–Trinajstić information content (AvgIpc) is 1.99. The summed E-state index contributed by atoms with van der Waals surface area (Å²) < 4.78 is 14.1. The van der Waals surface area contributed by atoms with Crippen LogP contribution in [0, 0.1) is 5.82 Å². The van der Waals surface area contributed by atoms with Gasteiger partial charge in [0.25, 0.3) is 0 Å². The standard InChI is InChI=1S/C10H11BrFNO2/c1-10(13,5-9(14)15)7-3-2-6(11)4-8(7)12/h2-4H,5,13H2,1H3,(H,14,15)/t10-/m1/s1. The molecule has 3 N–H and O–H groups in total. The smallest absolute Gasteiger partial charge is 0.305 e. The second-order valence-corrected chi connectivity index (χ2v) is 4.53. The lowest BCUT2D eigenvalue weighted by Gasteiger charge is -2.23. The summed E-state index contributed by atoms with van der Waals surface area (Å²) in [5.74, 6) is -1.56. The summed E-state index contributed by atoms with van der Waals surface area (Å²) in [4.78, 5) is 10.6. The quantitative estimate of drug-likeness (QED) is 0.889. The fourth-order valence-corrected chi connectivity index (χ4v) is 1.70. The summed E-state index contributed by atoms with van der Waals surface area (Å²) in [6, 6.07) is 4.38. The van der Waals surface area contributed by atoms with Crippen LogP contribution < -0.4 is 5.73 Å². The maximum Gasteiger partial charge on any atom is 0.305 e. The van der Waals surface area contributed by atoms with Gasteiger partial charge in [-0.1, -0.05) is 22.0 Å². The van der Waals surface area contributed by atoms with Gasteiger partial charge in [0, 0.05) is 10.0 Å². The molecule has 0 radical (unpaired) electrons. The second kappa shape index (κ2) is 4.28. The Morgan fingerprint density at radius 3 is 2.73 bits per heavy atom. The van der Waals surface area contributed by atoms with Crippen molar-refractivity contribution in [2.75, 3.05) is 0 Å². The highest BCUT2D eigenvalue weighted by Gasteiger charge is 2.27. The molecule has 0 bridgehead atoms. The normalized spacial score (nSPS) is 14.7. The van der Waals surface area contributed by atoms with Crippen molar-refractivity contribution in [3.63, 3.8) is 0 Å². The Balaban J connectivity index is 3.09. The molecule has 0 aliphatic heterocycles. The van der Waals surface area contributed by atoms with Crippen LogP contribution >= 0.6 is 15.9 Å². The molecule has 0 saturated carbocycles. The number of rotatable bonds is 3. The maximum atomic E-state index is 13.5. The van der Waals surface area contributed by atoms with E-state index in [1.165, 1.54) is 19.1 Å². The lowest BCUT2D eigenvalue weighted by molar-refractivity contribution is -0.138. The average molecular weight is 276 g/mol. The zero-order valence-corrected chi connectivity index (χ0v) is 9.71. The van der Waals surface area contributed by atoms with Crippen molar-refractivity contribution < 1.29 is 14.3 Å². The number of aliphatic carboxylic acids is 1.